The molecule has 4 heteroatoms. The predicted molar refractivity (Wildman–Crippen MR) is 86.5 cm³/mol. The lowest BCUT2D eigenvalue weighted by Crippen LogP contribution is -2.34. The maximum atomic E-state index is 11.9. The van der Waals surface area contributed by atoms with Crippen molar-refractivity contribution < 1.29 is 9.21 Å². The second kappa shape index (κ2) is 6.35. The normalized spacial score (nSPS) is 10.6. The number of aryl methyl sites for hydroxylation is 1. The van der Waals surface area contributed by atoms with E-state index in [0.29, 0.717) is 13.1 Å². The van der Waals surface area contributed by atoms with Gasteiger partial charge in [-0.2, -0.15) is 0 Å². The third-order valence-corrected chi connectivity index (χ3v) is 3.60. The molecule has 0 unspecified atom stereocenters. The van der Waals surface area contributed by atoms with E-state index >= 15 is 0 Å². The summed E-state index contributed by atoms with van der Waals surface area (Å²) in [5.41, 5.74) is 3.11. The third kappa shape index (κ3) is 3.28. The first-order valence-electron chi connectivity index (χ1n) is 7.26. The van der Waals surface area contributed by atoms with E-state index in [1.807, 2.05) is 61.5 Å². The minimum Gasteiger partial charge on any atom is -0.459 e. The van der Waals surface area contributed by atoms with E-state index in [-0.39, 0.29) is 6.03 Å². The number of hydrogen-bond acceptors (Lipinski definition) is 2. The lowest BCUT2D eigenvalue weighted by Gasteiger charge is -2.08. The fraction of sp³-hybridized carbons (Fsp3) is 0.167. The molecule has 112 valence electrons. The van der Waals surface area contributed by atoms with Crippen LogP contribution in [-0.4, -0.2) is 6.03 Å². The Labute approximate surface area is 129 Å². The predicted octanol–water partition coefficient (Wildman–Crippen LogP) is 3.74. The zero-order valence-corrected chi connectivity index (χ0v) is 12.4. The molecular formula is C18H18N2O2. The van der Waals surface area contributed by atoms with Gasteiger partial charge in [0.1, 0.15) is 11.3 Å². The van der Waals surface area contributed by atoms with Gasteiger partial charge in [-0.3, -0.25) is 0 Å². The maximum absolute atomic E-state index is 11.9. The number of carbonyl (C=O) groups excluding carboxylic acids is 1. The number of amides is 2. The maximum Gasteiger partial charge on any atom is 0.315 e. The van der Waals surface area contributed by atoms with Crippen LogP contribution in [0, 0.1) is 6.92 Å². The minimum absolute atomic E-state index is 0.205. The minimum atomic E-state index is -0.205. The van der Waals surface area contributed by atoms with Crippen molar-refractivity contribution in [3.05, 3.63) is 71.5 Å². The van der Waals surface area contributed by atoms with E-state index in [2.05, 4.69) is 10.6 Å². The number of para-hydroxylation sites is 1. The van der Waals surface area contributed by atoms with Crippen LogP contribution in [0.2, 0.25) is 0 Å². The number of hydrogen-bond donors (Lipinski definition) is 2. The number of furan rings is 1. The SMILES string of the molecule is Cc1ccccc1CNC(=O)NCc1cc2ccccc2o1. The average molecular weight is 294 g/mol. The van der Waals surface area contributed by atoms with Gasteiger partial charge in [0.15, 0.2) is 0 Å². The van der Waals surface area contributed by atoms with E-state index in [9.17, 15) is 4.79 Å². The number of nitrogens with one attached hydrogen (secondary N) is 2. The Kier molecular flexibility index (Phi) is 4.10. The van der Waals surface area contributed by atoms with Crippen molar-refractivity contribution in [2.45, 2.75) is 20.0 Å². The monoisotopic (exact) mass is 294 g/mol. The summed E-state index contributed by atoms with van der Waals surface area (Å²) in [4.78, 5) is 11.9. The standard InChI is InChI=1S/C18H18N2O2/c1-13-6-2-3-8-15(13)11-19-18(21)20-12-16-10-14-7-4-5-9-17(14)22-16/h2-10H,11-12H2,1H3,(H2,19,20,21). The summed E-state index contributed by atoms with van der Waals surface area (Å²) in [6, 6.07) is 17.5. The number of urea groups is 1. The van der Waals surface area contributed by atoms with Gasteiger partial charge in [0, 0.05) is 11.9 Å². The molecule has 2 aromatic carbocycles. The number of fused-ring (bicyclic) bond motifs is 1. The summed E-state index contributed by atoms with van der Waals surface area (Å²) in [5.74, 6) is 0.743. The van der Waals surface area contributed by atoms with Crippen LogP contribution in [0.5, 0.6) is 0 Å². The zero-order valence-electron chi connectivity index (χ0n) is 12.4. The lowest BCUT2D eigenvalue weighted by molar-refractivity contribution is 0.239. The van der Waals surface area contributed by atoms with Crippen LogP contribution in [-0.2, 0) is 13.1 Å². The van der Waals surface area contributed by atoms with Crippen LogP contribution >= 0.6 is 0 Å². The molecule has 3 aromatic rings. The highest BCUT2D eigenvalue weighted by Gasteiger charge is 2.06. The highest BCUT2D eigenvalue weighted by molar-refractivity contribution is 5.78. The molecule has 1 heterocycles. The Morgan fingerprint density at radius 3 is 2.55 bits per heavy atom. The van der Waals surface area contributed by atoms with E-state index in [4.69, 9.17) is 4.42 Å². The molecule has 2 amide bonds. The molecule has 0 saturated carbocycles. The summed E-state index contributed by atoms with van der Waals surface area (Å²) in [6.45, 7) is 2.91. The first kappa shape index (κ1) is 14.2. The topological polar surface area (TPSA) is 54.3 Å². The molecule has 22 heavy (non-hydrogen) atoms. The summed E-state index contributed by atoms with van der Waals surface area (Å²) < 4.78 is 5.66. The second-order valence-electron chi connectivity index (χ2n) is 5.21. The van der Waals surface area contributed by atoms with Crippen molar-refractivity contribution >= 4 is 17.0 Å². The molecule has 0 aliphatic heterocycles. The molecule has 0 radical (unpaired) electrons. The van der Waals surface area contributed by atoms with Gasteiger partial charge in [0.05, 0.1) is 6.54 Å². The van der Waals surface area contributed by atoms with Crippen molar-refractivity contribution in [1.82, 2.24) is 10.6 Å². The van der Waals surface area contributed by atoms with E-state index in [0.717, 1.165) is 22.3 Å². The molecule has 0 aliphatic rings. The van der Waals surface area contributed by atoms with Crippen LogP contribution in [0.15, 0.2) is 59.0 Å². The van der Waals surface area contributed by atoms with E-state index in [1.54, 1.807) is 0 Å². The van der Waals surface area contributed by atoms with Crippen molar-refractivity contribution in [1.29, 1.82) is 0 Å². The van der Waals surface area contributed by atoms with Gasteiger partial charge in [-0.15, -0.1) is 0 Å². The second-order valence-corrected chi connectivity index (χ2v) is 5.21. The van der Waals surface area contributed by atoms with Gasteiger partial charge in [0.25, 0.3) is 0 Å². The van der Waals surface area contributed by atoms with Crippen molar-refractivity contribution in [3.63, 3.8) is 0 Å². The van der Waals surface area contributed by atoms with Crippen LogP contribution in [0.4, 0.5) is 4.79 Å². The van der Waals surface area contributed by atoms with Gasteiger partial charge in [-0.25, -0.2) is 4.79 Å². The molecule has 0 saturated heterocycles. The van der Waals surface area contributed by atoms with Gasteiger partial charge in [-0.05, 0) is 30.2 Å². The summed E-state index contributed by atoms with van der Waals surface area (Å²) in [7, 11) is 0. The van der Waals surface area contributed by atoms with Crippen molar-refractivity contribution in [3.8, 4) is 0 Å². The Bertz CT molecular complexity index is 759. The molecule has 2 N–H and O–H groups in total. The highest BCUT2D eigenvalue weighted by atomic mass is 16.3. The van der Waals surface area contributed by atoms with E-state index in [1.165, 1.54) is 5.56 Å². The Morgan fingerprint density at radius 2 is 1.73 bits per heavy atom. The molecule has 3 rings (SSSR count). The van der Waals surface area contributed by atoms with Gasteiger partial charge in [-0.1, -0.05) is 42.5 Å². The Balaban J connectivity index is 1.53. The molecule has 0 atom stereocenters. The summed E-state index contributed by atoms with van der Waals surface area (Å²) in [5, 5.41) is 6.70. The van der Waals surface area contributed by atoms with Crippen molar-refractivity contribution in [2.24, 2.45) is 0 Å². The molecule has 4 nitrogen and oxygen atoms in total. The van der Waals surface area contributed by atoms with Crippen LogP contribution in [0.3, 0.4) is 0 Å². The number of rotatable bonds is 4. The zero-order chi connectivity index (χ0) is 15.4. The van der Waals surface area contributed by atoms with Gasteiger partial charge >= 0.3 is 6.03 Å². The first-order chi connectivity index (χ1) is 10.7. The average Bonchev–Trinajstić information content (AvgIpc) is 2.95. The van der Waals surface area contributed by atoms with Crippen LogP contribution in [0.25, 0.3) is 11.0 Å². The molecule has 0 spiro atoms. The van der Waals surface area contributed by atoms with Gasteiger partial charge in [0.2, 0.25) is 0 Å². The number of benzene rings is 2. The number of carbonyl (C=O) groups is 1. The van der Waals surface area contributed by atoms with Crippen LogP contribution < -0.4 is 10.6 Å². The lowest BCUT2D eigenvalue weighted by atomic mass is 10.1. The first-order valence-corrected chi connectivity index (χ1v) is 7.26. The molecule has 0 bridgehead atoms. The Hall–Kier alpha value is -2.75. The highest BCUT2D eigenvalue weighted by Crippen LogP contribution is 2.18. The smallest absolute Gasteiger partial charge is 0.315 e. The summed E-state index contributed by atoms with van der Waals surface area (Å²) >= 11 is 0. The molecule has 1 aromatic heterocycles. The molecule has 0 fully saturated rings. The van der Waals surface area contributed by atoms with Crippen LogP contribution in [0.1, 0.15) is 16.9 Å². The quantitative estimate of drug-likeness (QED) is 0.770. The van der Waals surface area contributed by atoms with Gasteiger partial charge < -0.3 is 15.1 Å². The fourth-order valence-corrected chi connectivity index (χ4v) is 2.34. The Morgan fingerprint density at radius 1 is 1.00 bits per heavy atom. The summed E-state index contributed by atoms with van der Waals surface area (Å²) in [6.07, 6.45) is 0. The van der Waals surface area contributed by atoms with Crippen molar-refractivity contribution in [2.75, 3.05) is 0 Å². The molecule has 0 aliphatic carbocycles. The third-order valence-electron chi connectivity index (χ3n) is 3.60. The fourth-order valence-electron chi connectivity index (χ4n) is 2.34. The largest absolute Gasteiger partial charge is 0.459 e. The van der Waals surface area contributed by atoms with E-state index < -0.39 is 0 Å². The molecular weight excluding hydrogens is 276 g/mol.